The number of rotatable bonds is 13. The van der Waals surface area contributed by atoms with Crippen LogP contribution in [0.5, 0.6) is 5.75 Å². The average Bonchev–Trinajstić information content (AvgIpc) is 3.35. The number of aromatic amines is 1. The molecule has 4 heterocycles. The number of aliphatic imine (C=N–C) groups is 1. The average molecular weight is 776 g/mol. The van der Waals surface area contributed by atoms with Crippen LogP contribution in [0.4, 0.5) is 0 Å². The van der Waals surface area contributed by atoms with Gasteiger partial charge in [-0.05, 0) is 20.8 Å². The third kappa shape index (κ3) is 10.1. The number of aryl methyl sites for hydroxylation is 2. The zero-order chi connectivity index (χ0) is 37.4. The number of hydrogen-bond acceptors (Lipinski definition) is 17. The Hall–Kier alpha value is -2.53. The van der Waals surface area contributed by atoms with Crippen molar-refractivity contribution in [3.05, 3.63) is 55.6 Å². The minimum Gasteiger partial charge on any atom is -0.505 e. The fourth-order valence-electron chi connectivity index (χ4n) is 4.87. The third-order valence-electron chi connectivity index (χ3n) is 7.35. The Morgan fingerprint density at radius 2 is 1.80 bits per heavy atom. The molecular weight excluding hydrogens is 741 g/mol. The first-order chi connectivity index (χ1) is 23.0. The molecule has 23 nitrogen and oxygen atoms in total. The first kappa shape index (κ1) is 40.2. The molecule has 50 heavy (non-hydrogen) atoms. The highest BCUT2D eigenvalue weighted by atomic mass is 31.3. The molecule has 2 aliphatic rings. The second-order valence-electron chi connectivity index (χ2n) is 11.3. The number of aromatic hydroxyl groups is 1. The van der Waals surface area contributed by atoms with Gasteiger partial charge in [0.2, 0.25) is 0 Å². The van der Waals surface area contributed by atoms with E-state index >= 15 is 0 Å². The SMILES string of the molecule is Cc1ncc(COP(=O)(O)O)c(C=N[C@]2(O)C[C@@H](C)O[C@H](OP(=O)(O)OP(=O)(O)OC[C@H]3O[C@@H](n4cc(C)c(=O)[nH]c4=O)C[C@@H]3O)[C@@H]2O)c1O. The standard InChI is InChI=1S/C24H35N4O19P3/c1-11-8-28(23(33)27-21(11)32)18-4-16(29)17(45-18)10-43-49(38,39)47-50(40,41)46-22-20(31)24(34,5-12(2)44-22)26-7-15-14(9-42-48(35,36)37)6-25-13(3)19(15)30/h6-8,12,16-18,20,22,29-31,34H,4-5,9-10H2,1-3H3,(H,38,39)(H,40,41)(H,27,32,33)(H2,35,36,37)/t12-,16+,17-,18-,20+,22-,24+/m1/s1. The number of aliphatic hydroxyl groups is 3. The minimum absolute atomic E-state index is 0.0441. The van der Waals surface area contributed by atoms with Crippen molar-refractivity contribution < 1.29 is 81.1 Å². The van der Waals surface area contributed by atoms with Crippen LogP contribution in [0, 0.1) is 13.8 Å². The van der Waals surface area contributed by atoms with Crippen molar-refractivity contribution >= 4 is 29.7 Å². The minimum atomic E-state index is -5.69. The van der Waals surface area contributed by atoms with E-state index in [9.17, 15) is 53.5 Å². The van der Waals surface area contributed by atoms with Gasteiger partial charge >= 0.3 is 29.2 Å². The summed E-state index contributed by atoms with van der Waals surface area (Å²) >= 11 is 0. The van der Waals surface area contributed by atoms with Crippen molar-refractivity contribution in [1.82, 2.24) is 14.5 Å². The van der Waals surface area contributed by atoms with Crippen molar-refractivity contribution in [2.24, 2.45) is 4.99 Å². The number of hydrogen-bond donors (Lipinski definition) is 9. The van der Waals surface area contributed by atoms with Crippen LogP contribution in [0.2, 0.25) is 0 Å². The maximum atomic E-state index is 12.7. The number of H-pyrrole nitrogens is 1. The van der Waals surface area contributed by atoms with Crippen LogP contribution >= 0.6 is 23.5 Å². The molecule has 9 atom stereocenters. The lowest BCUT2D eigenvalue weighted by molar-refractivity contribution is -0.266. The Kier molecular flexibility index (Phi) is 12.2. The molecule has 2 aromatic heterocycles. The van der Waals surface area contributed by atoms with Crippen molar-refractivity contribution in [3.8, 4) is 5.75 Å². The number of aromatic nitrogens is 3. The van der Waals surface area contributed by atoms with E-state index in [-0.39, 0.29) is 28.8 Å². The molecule has 0 saturated carbocycles. The van der Waals surface area contributed by atoms with E-state index in [1.54, 1.807) is 0 Å². The summed E-state index contributed by atoms with van der Waals surface area (Å²) in [7, 11) is -16.1. The van der Waals surface area contributed by atoms with Crippen molar-refractivity contribution in [2.75, 3.05) is 6.61 Å². The molecule has 0 bridgehead atoms. The largest absolute Gasteiger partial charge is 0.505 e. The Balaban J connectivity index is 1.42. The van der Waals surface area contributed by atoms with E-state index in [0.29, 0.717) is 0 Å². The smallest absolute Gasteiger partial charge is 0.483 e. The molecule has 4 rings (SSSR count). The molecule has 0 radical (unpaired) electrons. The summed E-state index contributed by atoms with van der Waals surface area (Å²) in [6.07, 6.45) is -7.01. The molecule has 2 saturated heterocycles. The van der Waals surface area contributed by atoms with E-state index < -0.39 is 103 Å². The van der Waals surface area contributed by atoms with Crippen molar-refractivity contribution in [2.45, 2.75) is 82.9 Å². The number of nitrogens with one attached hydrogen (secondary N) is 1. The Morgan fingerprint density at radius 1 is 1.12 bits per heavy atom. The summed E-state index contributed by atoms with van der Waals surface area (Å²) in [6, 6.07) is 0. The van der Waals surface area contributed by atoms with E-state index in [2.05, 4.69) is 23.8 Å². The first-order valence-corrected chi connectivity index (χ1v) is 18.9. The zero-order valence-electron chi connectivity index (χ0n) is 26.3. The van der Waals surface area contributed by atoms with Gasteiger partial charge in [-0.2, -0.15) is 4.31 Å². The van der Waals surface area contributed by atoms with Gasteiger partial charge in [-0.25, -0.2) is 18.5 Å². The van der Waals surface area contributed by atoms with Crippen LogP contribution in [0.1, 0.15) is 48.4 Å². The number of phosphoric acid groups is 3. The monoisotopic (exact) mass is 776 g/mol. The Morgan fingerprint density at radius 3 is 2.46 bits per heavy atom. The fraction of sp³-hybridized carbons (Fsp3) is 0.583. The molecule has 9 N–H and O–H groups in total. The van der Waals surface area contributed by atoms with Crippen molar-refractivity contribution in [3.63, 3.8) is 0 Å². The van der Waals surface area contributed by atoms with Crippen LogP contribution in [0.25, 0.3) is 0 Å². The lowest BCUT2D eigenvalue weighted by atomic mass is 9.96. The Labute approximate surface area is 281 Å². The number of phosphoric ester groups is 3. The van der Waals surface area contributed by atoms with Gasteiger partial charge in [0.05, 0.1) is 31.1 Å². The summed E-state index contributed by atoms with van der Waals surface area (Å²) in [5, 5.41) is 42.8. The van der Waals surface area contributed by atoms with Crippen LogP contribution in [-0.2, 0) is 47.7 Å². The van der Waals surface area contributed by atoms with E-state index in [1.807, 2.05) is 0 Å². The highest BCUT2D eigenvalue weighted by molar-refractivity contribution is 7.61. The maximum Gasteiger partial charge on any atom is 0.483 e. The van der Waals surface area contributed by atoms with Gasteiger partial charge in [-0.3, -0.25) is 37.9 Å². The van der Waals surface area contributed by atoms with Gasteiger partial charge in [-0.1, -0.05) is 0 Å². The molecule has 2 aromatic rings. The second-order valence-corrected chi connectivity index (χ2v) is 15.6. The molecule has 0 amide bonds. The molecule has 0 aromatic carbocycles. The van der Waals surface area contributed by atoms with Crippen molar-refractivity contribution in [1.29, 1.82) is 0 Å². The summed E-state index contributed by atoms with van der Waals surface area (Å²) < 4.78 is 66.4. The number of ether oxygens (including phenoxy) is 2. The number of pyridine rings is 1. The topological polar surface area (TPSA) is 349 Å². The quantitative estimate of drug-likeness (QED) is 0.0876. The molecule has 0 aliphatic carbocycles. The third-order valence-corrected chi connectivity index (χ3v) is 10.4. The summed E-state index contributed by atoms with van der Waals surface area (Å²) in [5.74, 6) is -0.523. The van der Waals surface area contributed by atoms with Gasteiger partial charge < -0.3 is 49.5 Å². The highest BCUT2D eigenvalue weighted by Gasteiger charge is 2.51. The van der Waals surface area contributed by atoms with E-state index in [0.717, 1.165) is 17.0 Å². The predicted molar refractivity (Wildman–Crippen MR) is 163 cm³/mol. The molecule has 2 aliphatic heterocycles. The van der Waals surface area contributed by atoms with Gasteiger partial charge in [0, 0.05) is 48.1 Å². The maximum absolute atomic E-state index is 12.7. The highest BCUT2D eigenvalue weighted by Crippen LogP contribution is 2.61. The molecule has 26 heteroatoms. The molecule has 280 valence electrons. The lowest BCUT2D eigenvalue weighted by Crippen LogP contribution is -2.56. The van der Waals surface area contributed by atoms with Gasteiger partial charge in [0.1, 0.15) is 18.1 Å². The fourth-order valence-corrected chi connectivity index (χ4v) is 7.33. The van der Waals surface area contributed by atoms with Gasteiger partial charge in [-0.15, -0.1) is 0 Å². The van der Waals surface area contributed by atoms with Crippen LogP contribution in [-0.4, -0.2) is 104 Å². The van der Waals surface area contributed by atoms with Gasteiger partial charge in [0.15, 0.2) is 18.1 Å². The van der Waals surface area contributed by atoms with E-state index in [4.69, 9.17) is 28.3 Å². The predicted octanol–water partition coefficient (Wildman–Crippen LogP) is -0.934. The summed E-state index contributed by atoms with van der Waals surface area (Å²) in [4.78, 5) is 72.0. The van der Waals surface area contributed by atoms with Crippen LogP contribution < -0.4 is 11.2 Å². The molecule has 0 spiro atoms. The Bertz CT molecular complexity index is 1860. The number of nitrogens with zero attached hydrogens (tertiary/aromatic N) is 3. The molecule has 2 fully saturated rings. The zero-order valence-corrected chi connectivity index (χ0v) is 29.0. The summed E-state index contributed by atoms with van der Waals surface area (Å²) in [6.45, 7) is 2.47. The normalized spacial score (nSPS) is 30.0. The lowest BCUT2D eigenvalue weighted by Gasteiger charge is -2.41. The van der Waals surface area contributed by atoms with Gasteiger partial charge in [0.25, 0.3) is 5.56 Å². The molecular formula is C24H35N4O19P3. The second kappa shape index (κ2) is 15.2. The molecule has 2 unspecified atom stereocenters. The van der Waals surface area contributed by atoms with Crippen LogP contribution in [0.3, 0.4) is 0 Å². The van der Waals surface area contributed by atoms with Crippen LogP contribution in [0.15, 0.2) is 27.0 Å². The number of aliphatic hydroxyl groups excluding tert-OH is 2. The summed E-state index contributed by atoms with van der Waals surface area (Å²) in [5.41, 5.74) is -4.18. The van der Waals surface area contributed by atoms with E-state index in [1.165, 1.54) is 27.0 Å². The first-order valence-electron chi connectivity index (χ1n) is 14.3.